The van der Waals surface area contributed by atoms with E-state index in [1.165, 1.54) is 6.07 Å². The SMILES string of the molecule is O=[N+]([O-])c1cc(I)c2cc[nH]c2c1. The van der Waals surface area contributed by atoms with Crippen LogP contribution >= 0.6 is 22.6 Å². The highest BCUT2D eigenvalue weighted by Gasteiger charge is 2.09. The minimum atomic E-state index is -0.386. The Bertz CT molecular complexity index is 478. The Balaban J connectivity index is 2.77. The smallest absolute Gasteiger partial charge is 0.272 e. The maximum Gasteiger partial charge on any atom is 0.272 e. The molecule has 1 N–H and O–H groups in total. The summed E-state index contributed by atoms with van der Waals surface area (Å²) in [4.78, 5) is 13.1. The van der Waals surface area contributed by atoms with Gasteiger partial charge in [0.2, 0.25) is 0 Å². The summed E-state index contributed by atoms with van der Waals surface area (Å²) in [6.45, 7) is 0. The van der Waals surface area contributed by atoms with Gasteiger partial charge >= 0.3 is 0 Å². The number of nitro groups is 1. The van der Waals surface area contributed by atoms with Crippen LogP contribution in [0.5, 0.6) is 0 Å². The van der Waals surface area contributed by atoms with E-state index in [2.05, 4.69) is 27.6 Å². The van der Waals surface area contributed by atoms with Crippen molar-refractivity contribution in [3.05, 3.63) is 38.1 Å². The lowest BCUT2D eigenvalue weighted by molar-refractivity contribution is -0.384. The lowest BCUT2D eigenvalue weighted by atomic mass is 10.2. The highest BCUT2D eigenvalue weighted by Crippen LogP contribution is 2.25. The zero-order valence-corrected chi connectivity index (χ0v) is 8.61. The maximum absolute atomic E-state index is 10.5. The maximum atomic E-state index is 10.5. The van der Waals surface area contributed by atoms with Crippen LogP contribution in [-0.2, 0) is 0 Å². The number of hydrogen-bond acceptors (Lipinski definition) is 2. The van der Waals surface area contributed by atoms with Gasteiger partial charge in [-0.1, -0.05) is 0 Å². The number of benzene rings is 1. The van der Waals surface area contributed by atoms with Crippen molar-refractivity contribution in [2.45, 2.75) is 0 Å². The molecule has 2 rings (SSSR count). The average molecular weight is 288 g/mol. The van der Waals surface area contributed by atoms with Crippen molar-refractivity contribution in [1.29, 1.82) is 0 Å². The van der Waals surface area contributed by atoms with Crippen LogP contribution < -0.4 is 0 Å². The third kappa shape index (κ3) is 1.39. The van der Waals surface area contributed by atoms with Crippen LogP contribution in [0.3, 0.4) is 0 Å². The van der Waals surface area contributed by atoms with Gasteiger partial charge in [-0.3, -0.25) is 10.1 Å². The fourth-order valence-corrected chi connectivity index (χ4v) is 2.00. The van der Waals surface area contributed by atoms with E-state index in [1.54, 1.807) is 12.3 Å². The molecule has 1 aromatic carbocycles. The molecule has 13 heavy (non-hydrogen) atoms. The van der Waals surface area contributed by atoms with Crippen LogP contribution in [0.15, 0.2) is 24.4 Å². The number of nitrogens with zero attached hydrogens (tertiary/aromatic N) is 1. The van der Waals surface area contributed by atoms with E-state index in [9.17, 15) is 10.1 Å². The number of nitrogens with one attached hydrogen (secondary N) is 1. The summed E-state index contributed by atoms with van der Waals surface area (Å²) in [5.41, 5.74) is 0.929. The molecule has 1 aromatic heterocycles. The highest BCUT2D eigenvalue weighted by molar-refractivity contribution is 14.1. The van der Waals surface area contributed by atoms with Crippen LogP contribution in [0, 0.1) is 13.7 Å². The normalized spacial score (nSPS) is 10.5. The minimum Gasteiger partial charge on any atom is -0.361 e. The summed E-state index contributed by atoms with van der Waals surface area (Å²) in [6, 6.07) is 5.01. The summed E-state index contributed by atoms with van der Waals surface area (Å²) in [5.74, 6) is 0. The molecule has 0 saturated carbocycles. The lowest BCUT2D eigenvalue weighted by Gasteiger charge is -1.95. The van der Waals surface area contributed by atoms with E-state index in [4.69, 9.17) is 0 Å². The largest absolute Gasteiger partial charge is 0.361 e. The van der Waals surface area contributed by atoms with Crippen molar-refractivity contribution in [3.8, 4) is 0 Å². The number of rotatable bonds is 1. The van der Waals surface area contributed by atoms with Crippen LogP contribution in [0.4, 0.5) is 5.69 Å². The molecule has 0 radical (unpaired) electrons. The van der Waals surface area contributed by atoms with Gasteiger partial charge in [-0.15, -0.1) is 0 Å². The number of aromatic nitrogens is 1. The van der Waals surface area contributed by atoms with Gasteiger partial charge in [0.15, 0.2) is 0 Å². The molecule has 0 unspecified atom stereocenters. The van der Waals surface area contributed by atoms with Gasteiger partial charge in [-0.25, -0.2) is 0 Å². The molecule has 0 bridgehead atoms. The first kappa shape index (κ1) is 8.49. The number of non-ortho nitro benzene ring substituents is 1. The monoisotopic (exact) mass is 288 g/mol. The molecule has 0 spiro atoms. The Morgan fingerprint density at radius 2 is 2.23 bits per heavy atom. The molecule has 2 aromatic rings. The Morgan fingerprint density at radius 1 is 1.46 bits per heavy atom. The van der Waals surface area contributed by atoms with Crippen molar-refractivity contribution < 1.29 is 4.92 Å². The van der Waals surface area contributed by atoms with Crippen molar-refractivity contribution in [3.63, 3.8) is 0 Å². The number of hydrogen-bond donors (Lipinski definition) is 1. The van der Waals surface area contributed by atoms with Crippen molar-refractivity contribution in [1.82, 2.24) is 4.98 Å². The quantitative estimate of drug-likeness (QED) is 0.498. The Labute approximate surface area is 87.2 Å². The molecular formula is C8H5IN2O2. The molecule has 0 aliphatic rings. The van der Waals surface area contributed by atoms with E-state index in [1.807, 2.05) is 6.07 Å². The van der Waals surface area contributed by atoms with E-state index in [0.717, 1.165) is 14.5 Å². The van der Waals surface area contributed by atoms with Gasteiger partial charge in [0.05, 0.1) is 10.4 Å². The predicted octanol–water partition coefficient (Wildman–Crippen LogP) is 2.68. The van der Waals surface area contributed by atoms with Gasteiger partial charge in [0.1, 0.15) is 0 Å². The van der Waals surface area contributed by atoms with Gasteiger partial charge in [0, 0.05) is 27.3 Å². The van der Waals surface area contributed by atoms with E-state index < -0.39 is 0 Å². The molecule has 0 amide bonds. The molecule has 5 heteroatoms. The molecule has 0 aliphatic heterocycles. The first-order valence-corrected chi connectivity index (χ1v) is 4.67. The van der Waals surface area contributed by atoms with Crippen LogP contribution in [0.1, 0.15) is 0 Å². The first-order chi connectivity index (χ1) is 6.18. The van der Waals surface area contributed by atoms with Crippen molar-refractivity contribution in [2.75, 3.05) is 0 Å². The van der Waals surface area contributed by atoms with Gasteiger partial charge in [0.25, 0.3) is 5.69 Å². The summed E-state index contributed by atoms with van der Waals surface area (Å²) in [5, 5.41) is 11.5. The van der Waals surface area contributed by atoms with Crippen LogP contribution in [-0.4, -0.2) is 9.91 Å². The third-order valence-electron chi connectivity index (χ3n) is 1.81. The Kier molecular flexibility index (Phi) is 1.95. The summed E-state index contributed by atoms with van der Waals surface area (Å²) in [7, 11) is 0. The topological polar surface area (TPSA) is 58.9 Å². The number of halogens is 1. The zero-order valence-electron chi connectivity index (χ0n) is 6.45. The second-order valence-electron chi connectivity index (χ2n) is 2.62. The molecule has 0 fully saturated rings. The molecule has 0 aliphatic carbocycles. The third-order valence-corrected chi connectivity index (χ3v) is 2.71. The lowest BCUT2D eigenvalue weighted by Crippen LogP contribution is -1.88. The van der Waals surface area contributed by atoms with Crippen molar-refractivity contribution in [2.24, 2.45) is 0 Å². The van der Waals surface area contributed by atoms with Gasteiger partial charge in [-0.2, -0.15) is 0 Å². The second kappa shape index (κ2) is 2.99. The second-order valence-corrected chi connectivity index (χ2v) is 3.79. The summed E-state index contributed by atoms with van der Waals surface area (Å²) >= 11 is 2.09. The number of H-pyrrole nitrogens is 1. The standard InChI is InChI=1S/C8H5IN2O2/c9-7-3-5(11(12)13)4-8-6(7)1-2-10-8/h1-4,10H. The number of aromatic amines is 1. The average Bonchev–Trinajstić information content (AvgIpc) is 2.51. The van der Waals surface area contributed by atoms with Crippen LogP contribution in [0.25, 0.3) is 10.9 Å². The van der Waals surface area contributed by atoms with Gasteiger partial charge < -0.3 is 4.98 Å². The molecule has 4 nitrogen and oxygen atoms in total. The molecule has 66 valence electrons. The molecular weight excluding hydrogens is 283 g/mol. The van der Waals surface area contributed by atoms with Gasteiger partial charge in [-0.05, 0) is 28.7 Å². The molecule has 0 saturated heterocycles. The first-order valence-electron chi connectivity index (χ1n) is 3.59. The molecule has 0 atom stereocenters. The Hall–Kier alpha value is -1.11. The van der Waals surface area contributed by atoms with E-state index in [0.29, 0.717) is 0 Å². The van der Waals surface area contributed by atoms with E-state index >= 15 is 0 Å². The highest BCUT2D eigenvalue weighted by atomic mass is 127. The number of fused-ring (bicyclic) bond motifs is 1. The fourth-order valence-electron chi connectivity index (χ4n) is 1.21. The van der Waals surface area contributed by atoms with Crippen molar-refractivity contribution >= 4 is 39.2 Å². The zero-order chi connectivity index (χ0) is 9.42. The minimum absolute atomic E-state index is 0.124. The predicted molar refractivity (Wildman–Crippen MR) is 57.7 cm³/mol. The van der Waals surface area contributed by atoms with Crippen LogP contribution in [0.2, 0.25) is 0 Å². The molecule has 1 heterocycles. The summed E-state index contributed by atoms with van der Waals surface area (Å²) < 4.78 is 0.892. The van der Waals surface area contributed by atoms with E-state index in [-0.39, 0.29) is 10.6 Å². The number of nitro benzene ring substituents is 1. The summed E-state index contributed by atoms with van der Waals surface area (Å²) in [6.07, 6.45) is 1.77. The fraction of sp³-hybridized carbons (Fsp3) is 0. The Morgan fingerprint density at radius 3 is 2.92 bits per heavy atom.